The Morgan fingerprint density at radius 1 is 1.44 bits per heavy atom. The Morgan fingerprint density at radius 2 is 2.12 bits per heavy atom. The number of hydrogen-bond donors (Lipinski definition) is 1. The molecule has 90 valence electrons. The van der Waals surface area contributed by atoms with Crippen molar-refractivity contribution in [1.29, 1.82) is 0 Å². The molecule has 0 aromatic carbocycles. The fraction of sp³-hybridized carbons (Fsp3) is 0.667. The first kappa shape index (κ1) is 12.7. The maximum atomic E-state index is 10.8. The van der Waals surface area contributed by atoms with E-state index in [0.29, 0.717) is 0 Å². The van der Waals surface area contributed by atoms with E-state index in [2.05, 4.69) is 18.4 Å². The highest BCUT2D eigenvalue weighted by atomic mass is 16.4. The van der Waals surface area contributed by atoms with Crippen LogP contribution in [0.25, 0.3) is 0 Å². The second-order valence-corrected chi connectivity index (χ2v) is 4.11. The number of aromatic nitrogens is 2. The van der Waals surface area contributed by atoms with E-state index in [1.165, 1.54) is 0 Å². The molecule has 1 aromatic rings. The molecule has 0 amide bonds. The van der Waals surface area contributed by atoms with Crippen molar-refractivity contribution in [2.24, 2.45) is 0 Å². The highest BCUT2D eigenvalue weighted by molar-refractivity contribution is 5.64. The van der Waals surface area contributed by atoms with Gasteiger partial charge in [0.05, 0.1) is 6.54 Å². The summed E-state index contributed by atoms with van der Waals surface area (Å²) >= 11 is 0. The molecule has 0 aliphatic carbocycles. The van der Waals surface area contributed by atoms with Crippen LogP contribution in [0.5, 0.6) is 0 Å². The van der Waals surface area contributed by atoms with Crippen molar-refractivity contribution in [3.63, 3.8) is 0 Å². The lowest BCUT2D eigenvalue weighted by atomic mass is 10.3. The van der Waals surface area contributed by atoms with Gasteiger partial charge in [0, 0.05) is 13.3 Å². The molecule has 1 aromatic heterocycles. The number of nitrogens with zero attached hydrogens (tertiary/aromatic N) is 2. The van der Waals surface area contributed by atoms with Gasteiger partial charge in [-0.25, -0.2) is 13.9 Å². The van der Waals surface area contributed by atoms with Gasteiger partial charge >= 0.3 is 5.97 Å². The van der Waals surface area contributed by atoms with E-state index < -0.39 is 5.97 Å². The van der Waals surface area contributed by atoms with Crippen molar-refractivity contribution >= 4 is 5.97 Å². The van der Waals surface area contributed by atoms with Gasteiger partial charge in [-0.3, -0.25) is 0 Å². The Hall–Kier alpha value is -1.32. The molecule has 0 saturated heterocycles. The number of carbonyl (C=O) groups is 1. The summed E-state index contributed by atoms with van der Waals surface area (Å²) in [6, 6.07) is 0. The zero-order chi connectivity index (χ0) is 12.1. The lowest BCUT2D eigenvalue weighted by Crippen LogP contribution is -2.40. The van der Waals surface area contributed by atoms with Crippen molar-refractivity contribution in [2.75, 3.05) is 0 Å². The monoisotopic (exact) mass is 225 g/mol. The van der Waals surface area contributed by atoms with Crippen molar-refractivity contribution in [3.8, 4) is 0 Å². The topological polar surface area (TPSA) is 46.1 Å². The summed E-state index contributed by atoms with van der Waals surface area (Å²) < 4.78 is 4.09. The van der Waals surface area contributed by atoms with E-state index in [-0.39, 0.29) is 6.54 Å². The van der Waals surface area contributed by atoms with Crippen molar-refractivity contribution in [1.82, 2.24) is 4.57 Å². The van der Waals surface area contributed by atoms with Crippen LogP contribution in [0.4, 0.5) is 0 Å². The van der Waals surface area contributed by atoms with Crippen LogP contribution < -0.4 is 4.57 Å². The first-order chi connectivity index (χ1) is 7.60. The molecule has 4 heteroatoms. The normalized spacial score (nSPS) is 10.7. The Bertz CT molecular complexity index is 369. The molecule has 1 rings (SSSR count). The lowest BCUT2D eigenvalue weighted by Gasteiger charge is -2.02. The molecular formula is C12H21N2O2+. The zero-order valence-corrected chi connectivity index (χ0v) is 10.4. The van der Waals surface area contributed by atoms with Crippen molar-refractivity contribution < 1.29 is 14.5 Å². The summed E-state index contributed by atoms with van der Waals surface area (Å²) in [6.45, 7) is 7.31. The molecule has 0 aliphatic rings. The van der Waals surface area contributed by atoms with Gasteiger partial charge in [0.15, 0.2) is 6.54 Å². The molecule has 16 heavy (non-hydrogen) atoms. The number of aryl methyl sites for hydroxylation is 1. The van der Waals surface area contributed by atoms with E-state index >= 15 is 0 Å². The summed E-state index contributed by atoms with van der Waals surface area (Å²) in [6.07, 6.45) is 4.97. The minimum atomic E-state index is -0.781. The summed E-state index contributed by atoms with van der Waals surface area (Å²) in [5, 5.41) is 8.86. The number of imidazole rings is 1. The fourth-order valence-electron chi connectivity index (χ4n) is 2.04. The number of carboxylic acid groups (broad SMARTS) is 1. The van der Waals surface area contributed by atoms with Crippen LogP contribution in [0.2, 0.25) is 0 Å². The summed E-state index contributed by atoms with van der Waals surface area (Å²) in [7, 11) is 0. The third-order valence-corrected chi connectivity index (χ3v) is 2.64. The molecule has 0 unspecified atom stereocenters. The molecule has 4 nitrogen and oxygen atoms in total. The van der Waals surface area contributed by atoms with Crippen molar-refractivity contribution in [3.05, 3.63) is 17.7 Å². The van der Waals surface area contributed by atoms with Crippen LogP contribution in [0.15, 0.2) is 6.20 Å². The largest absolute Gasteiger partial charge is 0.478 e. The molecule has 0 spiro atoms. The van der Waals surface area contributed by atoms with Gasteiger partial charge in [-0.15, -0.1) is 0 Å². The SMILES string of the molecule is CCCc1n(CCC)c(C)c[n+]1CC(=O)O. The molecule has 1 N–H and O–H groups in total. The quantitative estimate of drug-likeness (QED) is 0.746. The molecule has 0 aliphatic heterocycles. The molecule has 1 heterocycles. The highest BCUT2D eigenvalue weighted by Gasteiger charge is 2.20. The van der Waals surface area contributed by atoms with Crippen LogP contribution in [-0.4, -0.2) is 15.6 Å². The molecular weight excluding hydrogens is 204 g/mol. The van der Waals surface area contributed by atoms with Crippen LogP contribution >= 0.6 is 0 Å². The summed E-state index contributed by atoms with van der Waals surface area (Å²) in [5.41, 5.74) is 1.14. The summed E-state index contributed by atoms with van der Waals surface area (Å²) in [4.78, 5) is 10.8. The van der Waals surface area contributed by atoms with E-state index in [0.717, 1.165) is 37.3 Å². The van der Waals surface area contributed by atoms with Crippen LogP contribution in [0.1, 0.15) is 38.2 Å². The Morgan fingerprint density at radius 3 is 2.62 bits per heavy atom. The van der Waals surface area contributed by atoms with Gasteiger partial charge in [0.2, 0.25) is 0 Å². The first-order valence-electron chi connectivity index (χ1n) is 5.90. The van der Waals surface area contributed by atoms with E-state index in [9.17, 15) is 4.79 Å². The second kappa shape index (κ2) is 5.68. The highest BCUT2D eigenvalue weighted by Crippen LogP contribution is 2.06. The number of rotatable bonds is 6. The van der Waals surface area contributed by atoms with Gasteiger partial charge in [0.1, 0.15) is 11.9 Å². The fourth-order valence-corrected chi connectivity index (χ4v) is 2.04. The summed E-state index contributed by atoms with van der Waals surface area (Å²) in [5.74, 6) is 0.347. The molecule has 0 bridgehead atoms. The van der Waals surface area contributed by atoms with E-state index in [1.54, 1.807) is 0 Å². The van der Waals surface area contributed by atoms with Gasteiger partial charge < -0.3 is 5.11 Å². The average molecular weight is 225 g/mol. The van der Waals surface area contributed by atoms with Crippen molar-refractivity contribution in [2.45, 2.75) is 53.1 Å². The zero-order valence-electron chi connectivity index (χ0n) is 10.4. The second-order valence-electron chi connectivity index (χ2n) is 4.11. The van der Waals surface area contributed by atoms with E-state index in [1.807, 2.05) is 17.7 Å². The van der Waals surface area contributed by atoms with Crippen LogP contribution in [-0.2, 0) is 24.3 Å². The number of carboxylic acids is 1. The lowest BCUT2D eigenvalue weighted by molar-refractivity contribution is -0.693. The third kappa shape index (κ3) is 2.84. The molecule has 0 atom stereocenters. The van der Waals surface area contributed by atoms with Crippen LogP contribution in [0, 0.1) is 6.92 Å². The minimum Gasteiger partial charge on any atom is -0.478 e. The Kier molecular flexibility index (Phi) is 4.52. The van der Waals surface area contributed by atoms with Gasteiger partial charge in [-0.05, 0) is 12.8 Å². The van der Waals surface area contributed by atoms with Gasteiger partial charge in [-0.2, -0.15) is 0 Å². The third-order valence-electron chi connectivity index (χ3n) is 2.64. The van der Waals surface area contributed by atoms with E-state index in [4.69, 9.17) is 5.11 Å². The number of aliphatic carboxylic acids is 1. The maximum absolute atomic E-state index is 10.8. The Balaban J connectivity index is 3.06. The van der Waals surface area contributed by atoms with Gasteiger partial charge in [-0.1, -0.05) is 13.8 Å². The predicted octanol–water partition coefficient (Wildman–Crippen LogP) is 1.53. The van der Waals surface area contributed by atoms with Crippen LogP contribution in [0.3, 0.4) is 0 Å². The molecule has 0 saturated carbocycles. The molecule has 0 radical (unpaired) electrons. The smallest absolute Gasteiger partial charge is 0.346 e. The van der Waals surface area contributed by atoms with Gasteiger partial charge in [0.25, 0.3) is 5.82 Å². The standard InChI is InChI=1S/C12H20N2O2/c1-4-6-11-13(9-12(15)16)8-10(3)14(11)7-5-2/h8H,4-7,9H2,1-3H3/p+1. The minimum absolute atomic E-state index is 0.0624. The average Bonchev–Trinajstić information content (AvgIpc) is 2.46. The Labute approximate surface area is 96.5 Å². The molecule has 0 fully saturated rings. The maximum Gasteiger partial charge on any atom is 0.346 e. The predicted molar refractivity (Wildman–Crippen MR) is 61.3 cm³/mol. The first-order valence-corrected chi connectivity index (χ1v) is 5.90. The number of hydrogen-bond acceptors (Lipinski definition) is 1.